The second-order valence-electron chi connectivity index (χ2n) is 6.14. The normalized spacial score (nSPS) is 28.1. The maximum absolute atomic E-state index is 6.00. The van der Waals surface area contributed by atoms with Gasteiger partial charge >= 0.3 is 0 Å². The van der Waals surface area contributed by atoms with Crippen LogP contribution < -0.4 is 5.32 Å². The zero-order valence-electron chi connectivity index (χ0n) is 13.1. The third kappa shape index (κ3) is 6.08. The van der Waals surface area contributed by atoms with Crippen LogP contribution in [0.15, 0.2) is 0 Å². The van der Waals surface area contributed by atoms with Crippen molar-refractivity contribution in [2.45, 2.75) is 57.7 Å². The molecule has 2 fully saturated rings. The molecule has 2 aliphatic rings. The average Bonchev–Trinajstić information content (AvgIpc) is 2.93. The molecule has 118 valence electrons. The van der Waals surface area contributed by atoms with Gasteiger partial charge in [-0.1, -0.05) is 13.3 Å². The first-order valence-electron chi connectivity index (χ1n) is 8.54. The highest BCUT2D eigenvalue weighted by Gasteiger charge is 2.24. The highest BCUT2D eigenvalue weighted by atomic mass is 16.5. The van der Waals surface area contributed by atoms with Crippen molar-refractivity contribution < 1.29 is 9.47 Å². The van der Waals surface area contributed by atoms with E-state index >= 15 is 0 Å². The molecule has 2 aliphatic heterocycles. The lowest BCUT2D eigenvalue weighted by Gasteiger charge is -2.26. The van der Waals surface area contributed by atoms with E-state index in [0.29, 0.717) is 12.2 Å². The van der Waals surface area contributed by atoms with Crippen LogP contribution in [0.4, 0.5) is 0 Å². The molecule has 0 aromatic rings. The zero-order chi connectivity index (χ0) is 14.0. The van der Waals surface area contributed by atoms with Crippen molar-refractivity contribution >= 4 is 0 Å². The summed E-state index contributed by atoms with van der Waals surface area (Å²) in [5.74, 6) is 0. The van der Waals surface area contributed by atoms with Crippen LogP contribution in [-0.4, -0.2) is 63.0 Å². The Hall–Kier alpha value is -0.160. The van der Waals surface area contributed by atoms with Gasteiger partial charge in [0.2, 0.25) is 0 Å². The lowest BCUT2D eigenvalue weighted by atomic mass is 10.1. The number of hydrogen-bond acceptors (Lipinski definition) is 4. The van der Waals surface area contributed by atoms with Crippen molar-refractivity contribution in [1.29, 1.82) is 0 Å². The molecule has 2 heterocycles. The zero-order valence-corrected chi connectivity index (χ0v) is 13.1. The molecule has 4 heteroatoms. The fourth-order valence-corrected chi connectivity index (χ4v) is 3.08. The van der Waals surface area contributed by atoms with Gasteiger partial charge < -0.3 is 19.7 Å². The van der Waals surface area contributed by atoms with Gasteiger partial charge in [-0.15, -0.1) is 0 Å². The quantitative estimate of drug-likeness (QED) is 0.657. The monoisotopic (exact) mass is 284 g/mol. The van der Waals surface area contributed by atoms with Crippen LogP contribution >= 0.6 is 0 Å². The van der Waals surface area contributed by atoms with E-state index < -0.39 is 0 Å². The second-order valence-corrected chi connectivity index (χ2v) is 6.14. The molecule has 0 aromatic carbocycles. The van der Waals surface area contributed by atoms with Crippen LogP contribution in [0.25, 0.3) is 0 Å². The molecule has 0 saturated carbocycles. The van der Waals surface area contributed by atoms with E-state index in [0.717, 1.165) is 39.3 Å². The first-order chi connectivity index (χ1) is 9.88. The van der Waals surface area contributed by atoms with Crippen molar-refractivity contribution in [1.82, 2.24) is 10.2 Å². The Morgan fingerprint density at radius 3 is 2.75 bits per heavy atom. The molecule has 2 unspecified atom stereocenters. The lowest BCUT2D eigenvalue weighted by molar-refractivity contribution is -0.0187. The van der Waals surface area contributed by atoms with Crippen LogP contribution in [0.3, 0.4) is 0 Å². The standard InChI is InChI=1S/C16H32N2O2/c1-2-8-17-13-15-6-7-16(20-15)14-19-12-11-18-9-4-3-5-10-18/h15-17H,2-14H2,1H3. The third-order valence-electron chi connectivity index (χ3n) is 4.30. The third-order valence-corrected chi connectivity index (χ3v) is 4.30. The molecule has 0 spiro atoms. The fraction of sp³-hybridized carbons (Fsp3) is 1.00. The van der Waals surface area contributed by atoms with Crippen LogP contribution in [0.1, 0.15) is 45.4 Å². The smallest absolute Gasteiger partial charge is 0.0813 e. The van der Waals surface area contributed by atoms with E-state index in [4.69, 9.17) is 9.47 Å². The lowest BCUT2D eigenvalue weighted by Crippen LogP contribution is -2.33. The SMILES string of the molecule is CCCNCC1CCC(COCCN2CCCCC2)O1. The summed E-state index contributed by atoms with van der Waals surface area (Å²) in [6, 6.07) is 0. The molecular formula is C16H32N2O2. The number of nitrogens with zero attached hydrogens (tertiary/aromatic N) is 1. The molecule has 2 rings (SSSR count). The average molecular weight is 284 g/mol. The summed E-state index contributed by atoms with van der Waals surface area (Å²) in [7, 11) is 0. The van der Waals surface area contributed by atoms with Gasteiger partial charge in [-0.05, 0) is 51.7 Å². The Balaban J connectivity index is 1.46. The minimum atomic E-state index is 0.324. The van der Waals surface area contributed by atoms with E-state index in [1.165, 1.54) is 45.2 Å². The molecule has 0 aliphatic carbocycles. The summed E-state index contributed by atoms with van der Waals surface area (Å²) in [4.78, 5) is 2.52. The van der Waals surface area contributed by atoms with Crippen LogP contribution in [0, 0.1) is 0 Å². The van der Waals surface area contributed by atoms with Gasteiger partial charge in [-0.3, -0.25) is 0 Å². The van der Waals surface area contributed by atoms with Crippen LogP contribution in [0.5, 0.6) is 0 Å². The summed E-state index contributed by atoms with van der Waals surface area (Å²) in [5.41, 5.74) is 0. The number of nitrogens with one attached hydrogen (secondary N) is 1. The summed E-state index contributed by atoms with van der Waals surface area (Å²) in [6.07, 6.45) is 8.37. The van der Waals surface area contributed by atoms with Crippen molar-refractivity contribution in [3.05, 3.63) is 0 Å². The van der Waals surface area contributed by atoms with Gasteiger partial charge in [0.1, 0.15) is 0 Å². The molecule has 1 N–H and O–H groups in total. The second kappa shape index (κ2) is 9.72. The number of ether oxygens (including phenoxy) is 2. The highest BCUT2D eigenvalue weighted by Crippen LogP contribution is 2.19. The Kier molecular flexibility index (Phi) is 7.88. The van der Waals surface area contributed by atoms with Gasteiger partial charge in [0.05, 0.1) is 25.4 Å². The maximum Gasteiger partial charge on any atom is 0.0813 e. The predicted octanol–water partition coefficient (Wildman–Crippen LogP) is 2.04. The van der Waals surface area contributed by atoms with Gasteiger partial charge in [0, 0.05) is 13.1 Å². The Morgan fingerprint density at radius 1 is 1.15 bits per heavy atom. The van der Waals surface area contributed by atoms with Crippen molar-refractivity contribution in [2.24, 2.45) is 0 Å². The number of rotatable bonds is 9. The molecule has 4 nitrogen and oxygen atoms in total. The van der Waals surface area contributed by atoms with Gasteiger partial charge in [-0.25, -0.2) is 0 Å². The van der Waals surface area contributed by atoms with Crippen molar-refractivity contribution in [2.75, 3.05) is 45.9 Å². The number of hydrogen-bond donors (Lipinski definition) is 1. The van der Waals surface area contributed by atoms with Crippen molar-refractivity contribution in [3.8, 4) is 0 Å². The van der Waals surface area contributed by atoms with Crippen LogP contribution in [0.2, 0.25) is 0 Å². The summed E-state index contributed by atoms with van der Waals surface area (Å²) in [5, 5.41) is 3.44. The van der Waals surface area contributed by atoms with Crippen LogP contribution in [-0.2, 0) is 9.47 Å². The maximum atomic E-state index is 6.00. The fourth-order valence-electron chi connectivity index (χ4n) is 3.08. The number of likely N-dealkylation sites (tertiary alicyclic amines) is 1. The molecule has 0 radical (unpaired) electrons. The van der Waals surface area contributed by atoms with E-state index in [1.807, 2.05) is 0 Å². The minimum Gasteiger partial charge on any atom is -0.377 e. The number of piperidine rings is 1. The van der Waals surface area contributed by atoms with Crippen molar-refractivity contribution in [3.63, 3.8) is 0 Å². The Morgan fingerprint density at radius 2 is 1.95 bits per heavy atom. The van der Waals surface area contributed by atoms with Gasteiger partial charge in [-0.2, -0.15) is 0 Å². The molecule has 0 bridgehead atoms. The van der Waals surface area contributed by atoms with Gasteiger partial charge in [0.15, 0.2) is 0 Å². The van der Waals surface area contributed by atoms with E-state index in [2.05, 4.69) is 17.1 Å². The van der Waals surface area contributed by atoms with E-state index in [9.17, 15) is 0 Å². The first kappa shape index (κ1) is 16.2. The molecule has 0 amide bonds. The molecular weight excluding hydrogens is 252 g/mol. The summed E-state index contributed by atoms with van der Waals surface area (Å²) in [6.45, 7) is 9.53. The Labute approximate surface area is 124 Å². The molecule has 20 heavy (non-hydrogen) atoms. The van der Waals surface area contributed by atoms with E-state index in [1.54, 1.807) is 0 Å². The van der Waals surface area contributed by atoms with Gasteiger partial charge in [0.25, 0.3) is 0 Å². The van der Waals surface area contributed by atoms with E-state index in [-0.39, 0.29) is 0 Å². The molecule has 2 atom stereocenters. The molecule has 2 saturated heterocycles. The molecule has 0 aromatic heterocycles. The topological polar surface area (TPSA) is 33.7 Å². The minimum absolute atomic E-state index is 0.324. The predicted molar refractivity (Wildman–Crippen MR) is 82.2 cm³/mol. The summed E-state index contributed by atoms with van der Waals surface area (Å²) < 4.78 is 11.8. The summed E-state index contributed by atoms with van der Waals surface area (Å²) >= 11 is 0. The first-order valence-corrected chi connectivity index (χ1v) is 8.54. The highest BCUT2D eigenvalue weighted by molar-refractivity contribution is 4.75. The Bertz CT molecular complexity index is 245. The largest absolute Gasteiger partial charge is 0.377 e.